The molecule has 2 aromatic rings. The minimum absolute atomic E-state index is 0.167. The van der Waals surface area contributed by atoms with Gasteiger partial charge in [-0.15, -0.1) is 0 Å². The van der Waals surface area contributed by atoms with Crippen LogP contribution in [-0.2, 0) is 9.59 Å². The van der Waals surface area contributed by atoms with Gasteiger partial charge in [0.1, 0.15) is 12.3 Å². The molecule has 0 atom stereocenters. The van der Waals surface area contributed by atoms with E-state index in [1.807, 2.05) is 47.2 Å². The number of hydrogen-bond donors (Lipinski definition) is 0. The highest BCUT2D eigenvalue weighted by atomic mass is 32.2. The molecule has 7 nitrogen and oxygen atoms in total. The average molecular weight is 426 g/mol. The molecule has 2 fully saturated rings. The number of ether oxygens (including phenoxy) is 1. The molecule has 2 aliphatic heterocycles. The van der Waals surface area contributed by atoms with Crippen LogP contribution in [0.2, 0.25) is 0 Å². The van der Waals surface area contributed by atoms with Crippen molar-refractivity contribution in [3.63, 3.8) is 0 Å². The minimum Gasteiger partial charge on any atom is -0.497 e. The van der Waals surface area contributed by atoms with Crippen LogP contribution in [0.3, 0.4) is 0 Å². The Morgan fingerprint density at radius 1 is 1.10 bits per heavy atom. The molecule has 1 aromatic carbocycles. The molecular weight excluding hydrogens is 402 g/mol. The van der Waals surface area contributed by atoms with Gasteiger partial charge in [-0.3, -0.25) is 19.3 Å². The highest BCUT2D eigenvalue weighted by Crippen LogP contribution is 2.33. The first kappa shape index (κ1) is 20.3. The third-order valence-electron chi connectivity index (χ3n) is 5.29. The van der Waals surface area contributed by atoms with Crippen molar-refractivity contribution in [1.29, 1.82) is 0 Å². The second kappa shape index (κ2) is 8.79. The van der Waals surface area contributed by atoms with E-state index in [0.717, 1.165) is 53.1 Å². The molecule has 8 heteroatoms. The number of nitrogens with zero attached hydrogens (tertiary/aromatic N) is 3. The molecule has 30 heavy (non-hydrogen) atoms. The summed E-state index contributed by atoms with van der Waals surface area (Å²) in [5.41, 5.74) is 1.68. The van der Waals surface area contributed by atoms with Crippen molar-refractivity contribution in [1.82, 2.24) is 14.4 Å². The number of methoxy groups -OCH3 is 1. The van der Waals surface area contributed by atoms with Crippen LogP contribution in [0.15, 0.2) is 47.5 Å². The molecule has 0 unspecified atom stereocenters. The molecule has 0 saturated carbocycles. The van der Waals surface area contributed by atoms with Crippen LogP contribution in [-0.4, -0.2) is 58.2 Å². The third kappa shape index (κ3) is 4.14. The van der Waals surface area contributed by atoms with Gasteiger partial charge in [0.2, 0.25) is 5.91 Å². The van der Waals surface area contributed by atoms with Gasteiger partial charge in [0.05, 0.1) is 12.0 Å². The Morgan fingerprint density at radius 2 is 1.83 bits per heavy atom. The Labute approximate surface area is 179 Å². The van der Waals surface area contributed by atoms with Gasteiger partial charge in [0.25, 0.3) is 11.1 Å². The van der Waals surface area contributed by atoms with Crippen LogP contribution < -0.4 is 4.74 Å². The molecule has 0 N–H and O–H groups in total. The monoisotopic (exact) mass is 425 g/mol. The molecule has 156 valence electrons. The summed E-state index contributed by atoms with van der Waals surface area (Å²) in [5, 5.41) is -0.404. The van der Waals surface area contributed by atoms with Crippen LogP contribution in [0.4, 0.5) is 4.79 Å². The fourth-order valence-electron chi connectivity index (χ4n) is 3.64. The first-order chi connectivity index (χ1) is 14.6. The highest BCUT2D eigenvalue weighted by molar-refractivity contribution is 8.18. The van der Waals surface area contributed by atoms with Gasteiger partial charge >= 0.3 is 0 Å². The predicted octanol–water partition coefficient (Wildman–Crippen LogP) is 3.53. The highest BCUT2D eigenvalue weighted by Gasteiger charge is 2.37. The topological polar surface area (TPSA) is 71.8 Å². The van der Waals surface area contributed by atoms with E-state index < -0.39 is 11.1 Å². The van der Waals surface area contributed by atoms with Crippen molar-refractivity contribution >= 4 is 34.9 Å². The SMILES string of the molecule is COc1ccc(-n2cccc2/C=C2\SC(=O)N(CC(=O)N3CCCCC3)C2=O)cc1. The van der Waals surface area contributed by atoms with Crippen molar-refractivity contribution in [2.75, 3.05) is 26.7 Å². The van der Waals surface area contributed by atoms with Crippen LogP contribution in [0.5, 0.6) is 5.75 Å². The van der Waals surface area contributed by atoms with E-state index in [9.17, 15) is 14.4 Å². The van der Waals surface area contributed by atoms with Crippen LogP contribution in [0.1, 0.15) is 25.0 Å². The first-order valence-electron chi connectivity index (χ1n) is 9.92. The number of rotatable bonds is 5. The molecule has 0 bridgehead atoms. The van der Waals surface area contributed by atoms with Crippen molar-refractivity contribution in [2.45, 2.75) is 19.3 Å². The van der Waals surface area contributed by atoms with Crippen molar-refractivity contribution < 1.29 is 19.1 Å². The van der Waals surface area contributed by atoms with Gasteiger partial charge in [-0.05, 0) is 73.5 Å². The summed E-state index contributed by atoms with van der Waals surface area (Å²) in [6.07, 6.45) is 6.63. The van der Waals surface area contributed by atoms with Gasteiger partial charge in [0.15, 0.2) is 0 Å². The summed E-state index contributed by atoms with van der Waals surface area (Å²) >= 11 is 0.873. The molecule has 2 saturated heterocycles. The zero-order chi connectivity index (χ0) is 21.1. The number of imide groups is 1. The van der Waals surface area contributed by atoms with E-state index in [1.165, 1.54) is 0 Å². The summed E-state index contributed by atoms with van der Waals surface area (Å²) in [6.45, 7) is 1.20. The van der Waals surface area contributed by atoms with E-state index in [-0.39, 0.29) is 12.5 Å². The van der Waals surface area contributed by atoms with E-state index in [0.29, 0.717) is 18.0 Å². The summed E-state index contributed by atoms with van der Waals surface area (Å²) in [4.78, 5) is 40.8. The van der Waals surface area contributed by atoms with Gasteiger partial charge in [0, 0.05) is 30.7 Å². The lowest BCUT2D eigenvalue weighted by molar-refractivity contribution is -0.136. The number of amides is 3. The number of piperidine rings is 1. The minimum atomic E-state index is -0.419. The Morgan fingerprint density at radius 3 is 2.53 bits per heavy atom. The summed E-state index contributed by atoms with van der Waals surface area (Å²) < 4.78 is 7.12. The number of benzene rings is 1. The number of hydrogen-bond acceptors (Lipinski definition) is 5. The second-order valence-corrected chi connectivity index (χ2v) is 8.20. The normalized spacial score (nSPS) is 18.4. The standard InChI is InChI=1S/C22H23N3O4S/c1-29-18-9-7-16(8-10-18)24-13-5-6-17(24)14-19-21(27)25(22(28)30-19)15-20(26)23-11-3-2-4-12-23/h5-10,13-14H,2-4,11-12,15H2,1H3/b19-14-. The summed E-state index contributed by atoms with van der Waals surface area (Å²) in [5.74, 6) is 0.171. The number of thioether (sulfide) groups is 1. The quantitative estimate of drug-likeness (QED) is 0.686. The molecule has 4 rings (SSSR count). The maximum atomic E-state index is 12.8. The molecule has 0 spiro atoms. The van der Waals surface area contributed by atoms with Gasteiger partial charge in [-0.1, -0.05) is 0 Å². The van der Waals surface area contributed by atoms with Gasteiger partial charge in [-0.2, -0.15) is 0 Å². The van der Waals surface area contributed by atoms with Crippen LogP contribution >= 0.6 is 11.8 Å². The number of carbonyl (C=O) groups excluding carboxylic acids is 3. The molecule has 0 aliphatic carbocycles. The van der Waals surface area contributed by atoms with Crippen molar-refractivity contribution in [3.8, 4) is 11.4 Å². The first-order valence-corrected chi connectivity index (χ1v) is 10.7. The Balaban J connectivity index is 1.51. The van der Waals surface area contributed by atoms with E-state index in [1.54, 1.807) is 18.1 Å². The summed E-state index contributed by atoms with van der Waals surface area (Å²) in [6, 6.07) is 11.3. The second-order valence-electron chi connectivity index (χ2n) is 7.21. The van der Waals surface area contributed by atoms with E-state index >= 15 is 0 Å². The fourth-order valence-corrected chi connectivity index (χ4v) is 4.46. The van der Waals surface area contributed by atoms with E-state index in [4.69, 9.17) is 4.74 Å². The summed E-state index contributed by atoms with van der Waals surface area (Å²) in [7, 11) is 1.61. The fraction of sp³-hybridized carbons (Fsp3) is 0.318. The maximum Gasteiger partial charge on any atom is 0.294 e. The smallest absolute Gasteiger partial charge is 0.294 e. The molecule has 2 aliphatic rings. The van der Waals surface area contributed by atoms with Crippen LogP contribution in [0.25, 0.3) is 11.8 Å². The zero-order valence-electron chi connectivity index (χ0n) is 16.7. The number of carbonyl (C=O) groups is 3. The largest absolute Gasteiger partial charge is 0.497 e. The zero-order valence-corrected chi connectivity index (χ0v) is 17.6. The Bertz CT molecular complexity index is 990. The van der Waals surface area contributed by atoms with E-state index in [2.05, 4.69) is 0 Å². The molecule has 3 amide bonds. The molecule has 0 radical (unpaired) electrons. The lowest BCUT2D eigenvalue weighted by Crippen LogP contribution is -2.44. The average Bonchev–Trinajstić information content (AvgIpc) is 3.34. The van der Waals surface area contributed by atoms with Crippen molar-refractivity contribution in [2.24, 2.45) is 0 Å². The van der Waals surface area contributed by atoms with Crippen LogP contribution in [0, 0.1) is 0 Å². The molecule has 1 aromatic heterocycles. The van der Waals surface area contributed by atoms with Gasteiger partial charge < -0.3 is 14.2 Å². The lowest BCUT2D eigenvalue weighted by atomic mass is 10.1. The molecule has 3 heterocycles. The maximum absolute atomic E-state index is 12.8. The lowest BCUT2D eigenvalue weighted by Gasteiger charge is -2.27. The van der Waals surface area contributed by atoms with Gasteiger partial charge in [-0.25, -0.2) is 0 Å². The Hall–Kier alpha value is -3.00. The number of likely N-dealkylation sites (tertiary alicyclic amines) is 1. The van der Waals surface area contributed by atoms with Crippen molar-refractivity contribution in [3.05, 3.63) is 53.2 Å². The third-order valence-corrected chi connectivity index (χ3v) is 6.19. The number of aromatic nitrogens is 1. The predicted molar refractivity (Wildman–Crippen MR) is 115 cm³/mol. The Kier molecular flexibility index (Phi) is 5.94. The molecular formula is C22H23N3O4S.